The predicted octanol–water partition coefficient (Wildman–Crippen LogP) is 3.87. The third-order valence-electron chi connectivity index (χ3n) is 4.05. The van der Waals surface area contributed by atoms with Gasteiger partial charge in [0.2, 0.25) is 0 Å². The number of rotatable bonds is 1. The summed E-state index contributed by atoms with van der Waals surface area (Å²) in [5, 5.41) is 0.319. The molecule has 0 radical (unpaired) electrons. The van der Waals surface area contributed by atoms with Crippen molar-refractivity contribution in [2.75, 3.05) is 0 Å². The Hall–Kier alpha value is -0.340. The van der Waals surface area contributed by atoms with Gasteiger partial charge < -0.3 is 4.74 Å². The quantitative estimate of drug-likeness (QED) is 0.534. The van der Waals surface area contributed by atoms with Gasteiger partial charge in [-0.05, 0) is 59.3 Å². The number of halogens is 1. The molecule has 0 aromatic heterocycles. The lowest BCUT2D eigenvalue weighted by Gasteiger charge is -2.25. The van der Waals surface area contributed by atoms with E-state index >= 15 is 0 Å². The Bertz CT molecular complexity index is 374. The fraction of sp³-hybridized carbons (Fsp3) is 0.800. The molecule has 0 atom stereocenters. The van der Waals surface area contributed by atoms with E-state index < -0.39 is 11.2 Å². The molecule has 0 unspecified atom stereocenters. The topological polar surface area (TPSA) is 26.3 Å². The van der Waals surface area contributed by atoms with Crippen LogP contribution in [0.4, 0.5) is 0 Å². The van der Waals surface area contributed by atoms with Gasteiger partial charge in [-0.3, -0.25) is 4.79 Å². The first-order valence-electron chi connectivity index (χ1n) is 6.84. The Morgan fingerprint density at radius 2 is 1.67 bits per heavy atom. The number of ketones is 1. The summed E-state index contributed by atoms with van der Waals surface area (Å²) in [4.78, 5) is 12.4. The van der Waals surface area contributed by atoms with Crippen LogP contribution >= 0.6 is 11.6 Å². The van der Waals surface area contributed by atoms with E-state index in [0.29, 0.717) is 11.3 Å². The summed E-state index contributed by atoms with van der Waals surface area (Å²) in [7, 11) is 0. The van der Waals surface area contributed by atoms with Crippen LogP contribution < -0.4 is 0 Å². The van der Waals surface area contributed by atoms with Gasteiger partial charge >= 0.3 is 0 Å². The summed E-state index contributed by atoms with van der Waals surface area (Å²) in [6.45, 7) is 7.68. The SMILES string of the molecule is CC1(C)OC(C)(C)/C(=C\C2CCC(Cl)CC2)C1=O. The zero-order valence-electron chi connectivity index (χ0n) is 11.8. The van der Waals surface area contributed by atoms with Crippen molar-refractivity contribution < 1.29 is 9.53 Å². The third-order valence-corrected chi connectivity index (χ3v) is 4.49. The van der Waals surface area contributed by atoms with E-state index in [1.165, 1.54) is 0 Å². The van der Waals surface area contributed by atoms with Crippen molar-refractivity contribution in [3.05, 3.63) is 11.6 Å². The molecule has 2 fully saturated rings. The molecule has 2 rings (SSSR count). The molecule has 1 aliphatic carbocycles. The Kier molecular flexibility index (Phi) is 3.63. The number of alkyl halides is 1. The van der Waals surface area contributed by atoms with Gasteiger partial charge in [-0.25, -0.2) is 0 Å². The zero-order chi connectivity index (χ0) is 13.6. The number of Topliss-reactive ketones (excluding diaryl/α,β-unsaturated/α-hetero) is 1. The minimum atomic E-state index is -0.682. The summed E-state index contributed by atoms with van der Waals surface area (Å²) >= 11 is 6.12. The van der Waals surface area contributed by atoms with E-state index in [1.54, 1.807) is 0 Å². The second kappa shape index (κ2) is 4.64. The molecule has 1 aliphatic heterocycles. The highest BCUT2D eigenvalue weighted by Gasteiger charge is 2.49. The largest absolute Gasteiger partial charge is 0.357 e. The molecule has 2 aliphatic rings. The van der Waals surface area contributed by atoms with Crippen molar-refractivity contribution in [3.63, 3.8) is 0 Å². The van der Waals surface area contributed by atoms with Gasteiger partial charge in [0.15, 0.2) is 5.78 Å². The van der Waals surface area contributed by atoms with Crippen LogP contribution in [-0.4, -0.2) is 22.4 Å². The molecule has 0 aromatic rings. The van der Waals surface area contributed by atoms with Gasteiger partial charge in [-0.2, -0.15) is 0 Å². The fourth-order valence-electron chi connectivity index (χ4n) is 3.09. The van der Waals surface area contributed by atoms with Gasteiger partial charge in [-0.15, -0.1) is 11.6 Å². The predicted molar refractivity (Wildman–Crippen MR) is 73.9 cm³/mol. The monoisotopic (exact) mass is 270 g/mol. The maximum atomic E-state index is 12.4. The molecule has 0 bridgehead atoms. The van der Waals surface area contributed by atoms with Crippen molar-refractivity contribution in [1.82, 2.24) is 0 Å². The number of carbonyl (C=O) groups excluding carboxylic acids is 1. The van der Waals surface area contributed by atoms with Gasteiger partial charge in [-0.1, -0.05) is 6.08 Å². The number of ether oxygens (including phenoxy) is 1. The maximum Gasteiger partial charge on any atom is 0.192 e. The Morgan fingerprint density at radius 1 is 1.11 bits per heavy atom. The molecular weight excluding hydrogens is 248 g/mol. The van der Waals surface area contributed by atoms with E-state index in [2.05, 4.69) is 6.08 Å². The molecule has 3 heteroatoms. The molecular formula is C15H23ClO2. The third kappa shape index (κ3) is 2.65. The molecule has 102 valence electrons. The average Bonchev–Trinajstić information content (AvgIpc) is 2.39. The molecule has 1 heterocycles. The van der Waals surface area contributed by atoms with E-state index in [4.69, 9.17) is 16.3 Å². The lowest BCUT2D eigenvalue weighted by atomic mass is 9.83. The van der Waals surface area contributed by atoms with Crippen LogP contribution in [0.25, 0.3) is 0 Å². The van der Waals surface area contributed by atoms with Crippen LogP contribution in [0.1, 0.15) is 53.4 Å². The minimum absolute atomic E-state index is 0.139. The Labute approximate surface area is 115 Å². The van der Waals surface area contributed by atoms with Gasteiger partial charge in [0.05, 0.1) is 5.60 Å². The normalized spacial score (nSPS) is 37.2. The van der Waals surface area contributed by atoms with E-state index in [0.717, 1.165) is 31.3 Å². The summed E-state index contributed by atoms with van der Waals surface area (Å²) in [6.07, 6.45) is 6.42. The lowest BCUT2D eigenvalue weighted by molar-refractivity contribution is -0.132. The average molecular weight is 271 g/mol. The van der Waals surface area contributed by atoms with Crippen LogP contribution in [0.5, 0.6) is 0 Å². The van der Waals surface area contributed by atoms with Crippen molar-refractivity contribution in [3.8, 4) is 0 Å². The molecule has 18 heavy (non-hydrogen) atoms. The zero-order valence-corrected chi connectivity index (χ0v) is 12.5. The van der Waals surface area contributed by atoms with Gasteiger partial charge in [0.1, 0.15) is 5.60 Å². The first kappa shape index (κ1) is 14.1. The fourth-order valence-corrected chi connectivity index (χ4v) is 3.35. The van der Waals surface area contributed by atoms with E-state index in [1.807, 2.05) is 27.7 Å². The summed E-state index contributed by atoms with van der Waals surface area (Å²) < 4.78 is 5.88. The maximum absolute atomic E-state index is 12.4. The standard InChI is InChI=1S/C15H23ClO2/c1-14(2)12(13(17)15(3,4)18-14)9-10-5-7-11(16)8-6-10/h9-11H,5-8H2,1-4H3/b12-9-. The second-order valence-corrected chi connectivity index (χ2v) is 7.16. The number of hydrogen-bond acceptors (Lipinski definition) is 2. The van der Waals surface area contributed by atoms with Crippen molar-refractivity contribution in [2.45, 2.75) is 70.0 Å². The lowest BCUT2D eigenvalue weighted by Crippen LogP contribution is -2.29. The number of carbonyl (C=O) groups is 1. The van der Waals surface area contributed by atoms with Crippen LogP contribution in [0, 0.1) is 5.92 Å². The van der Waals surface area contributed by atoms with Crippen LogP contribution in [0.3, 0.4) is 0 Å². The van der Waals surface area contributed by atoms with Crippen molar-refractivity contribution in [1.29, 1.82) is 0 Å². The minimum Gasteiger partial charge on any atom is -0.357 e. The Balaban J connectivity index is 2.19. The highest BCUT2D eigenvalue weighted by atomic mass is 35.5. The van der Waals surface area contributed by atoms with Crippen molar-refractivity contribution in [2.24, 2.45) is 5.92 Å². The molecule has 2 nitrogen and oxygen atoms in total. The van der Waals surface area contributed by atoms with Crippen LogP contribution in [0.15, 0.2) is 11.6 Å². The highest BCUT2D eigenvalue weighted by Crippen LogP contribution is 2.40. The van der Waals surface area contributed by atoms with E-state index in [-0.39, 0.29) is 5.78 Å². The summed E-state index contributed by atoms with van der Waals surface area (Å²) in [5.41, 5.74) is -0.289. The molecule has 0 aromatic carbocycles. The molecule has 0 spiro atoms. The van der Waals surface area contributed by atoms with Crippen LogP contribution in [0.2, 0.25) is 0 Å². The molecule has 0 amide bonds. The van der Waals surface area contributed by atoms with Crippen molar-refractivity contribution >= 4 is 17.4 Å². The van der Waals surface area contributed by atoms with Gasteiger partial charge in [0, 0.05) is 11.0 Å². The van der Waals surface area contributed by atoms with Gasteiger partial charge in [0.25, 0.3) is 0 Å². The number of allylic oxidation sites excluding steroid dienone is 1. The van der Waals surface area contributed by atoms with Crippen LogP contribution in [-0.2, 0) is 9.53 Å². The highest BCUT2D eigenvalue weighted by molar-refractivity contribution is 6.20. The second-order valence-electron chi connectivity index (χ2n) is 6.54. The van der Waals surface area contributed by atoms with E-state index in [9.17, 15) is 4.79 Å². The smallest absolute Gasteiger partial charge is 0.192 e. The Morgan fingerprint density at radius 3 is 2.11 bits per heavy atom. The first-order valence-corrected chi connectivity index (χ1v) is 7.27. The first-order chi connectivity index (χ1) is 8.22. The molecule has 1 saturated carbocycles. The number of hydrogen-bond donors (Lipinski definition) is 0. The summed E-state index contributed by atoms with van der Waals surface area (Å²) in [5.74, 6) is 0.622. The molecule has 0 N–H and O–H groups in total. The molecule has 1 saturated heterocycles. The summed E-state index contributed by atoms with van der Waals surface area (Å²) in [6, 6.07) is 0.